The predicted molar refractivity (Wildman–Crippen MR) is 221 cm³/mol. The fourth-order valence-corrected chi connectivity index (χ4v) is 9.43. The normalized spacial score (nSPS) is 15.3. The van der Waals surface area contributed by atoms with Crippen molar-refractivity contribution in [1.29, 1.82) is 0 Å². The van der Waals surface area contributed by atoms with Crippen LogP contribution in [0, 0.1) is 0 Å². The van der Waals surface area contributed by atoms with Crippen molar-refractivity contribution in [2.75, 3.05) is 4.90 Å². The molecule has 1 aliphatic heterocycles. The first kappa shape index (κ1) is 29.5. The summed E-state index contributed by atoms with van der Waals surface area (Å²) in [5.74, 6) is 1.74. The molecular formula is C51H31NO2. The van der Waals surface area contributed by atoms with Crippen LogP contribution in [0.4, 0.5) is 17.1 Å². The third kappa shape index (κ3) is 3.96. The molecule has 0 saturated heterocycles. The quantitative estimate of drug-likeness (QED) is 0.185. The number of hydrogen-bond donors (Lipinski definition) is 0. The Bertz CT molecular complexity index is 3170. The van der Waals surface area contributed by atoms with Crippen LogP contribution in [0.3, 0.4) is 0 Å². The number of anilines is 3. The Morgan fingerprint density at radius 2 is 1.00 bits per heavy atom. The molecule has 2 heterocycles. The molecule has 0 saturated carbocycles. The smallest absolute Gasteiger partial charge is 0.137 e. The van der Waals surface area contributed by atoms with E-state index in [1.807, 2.05) is 12.1 Å². The lowest BCUT2D eigenvalue weighted by Crippen LogP contribution is -2.36. The summed E-state index contributed by atoms with van der Waals surface area (Å²) in [5, 5.41) is 7.13. The Hall–Kier alpha value is -7.10. The van der Waals surface area contributed by atoms with Gasteiger partial charge in [0.05, 0.1) is 5.41 Å². The zero-order valence-electron chi connectivity index (χ0n) is 29.2. The van der Waals surface area contributed by atoms with Crippen LogP contribution in [0.2, 0.25) is 0 Å². The van der Waals surface area contributed by atoms with E-state index < -0.39 is 5.41 Å². The Morgan fingerprint density at radius 3 is 1.94 bits per heavy atom. The van der Waals surface area contributed by atoms with Crippen molar-refractivity contribution in [3.05, 3.63) is 210 Å². The lowest BCUT2D eigenvalue weighted by molar-refractivity contribution is 0.435. The highest BCUT2D eigenvalue weighted by atomic mass is 16.5. The SMILES string of the molecule is c1ccc2c(c1)Oc1ccc(N(c3ccc4ccccc4c3)c3ccc4c(c3)oc3ccccc34)cc1C21c2ccccc2-c2cccc3cccc1c23. The molecular weight excluding hydrogens is 659 g/mol. The van der Waals surface area contributed by atoms with Crippen molar-refractivity contribution in [3.63, 3.8) is 0 Å². The van der Waals surface area contributed by atoms with Crippen molar-refractivity contribution in [2.24, 2.45) is 0 Å². The molecule has 252 valence electrons. The summed E-state index contributed by atoms with van der Waals surface area (Å²) < 4.78 is 13.3. The van der Waals surface area contributed by atoms with E-state index in [2.05, 4.69) is 181 Å². The van der Waals surface area contributed by atoms with Crippen LogP contribution in [0.5, 0.6) is 11.5 Å². The van der Waals surface area contributed by atoms with Gasteiger partial charge in [-0.1, -0.05) is 127 Å². The molecule has 0 fully saturated rings. The van der Waals surface area contributed by atoms with Gasteiger partial charge in [-0.15, -0.1) is 0 Å². The van der Waals surface area contributed by atoms with E-state index in [4.69, 9.17) is 9.15 Å². The molecule has 0 bridgehead atoms. The first-order valence-electron chi connectivity index (χ1n) is 18.5. The highest BCUT2D eigenvalue weighted by Gasteiger charge is 2.49. The summed E-state index contributed by atoms with van der Waals surface area (Å²) in [4.78, 5) is 2.36. The second kappa shape index (κ2) is 11.0. The number of rotatable bonds is 3. The van der Waals surface area contributed by atoms with E-state index >= 15 is 0 Å². The van der Waals surface area contributed by atoms with Gasteiger partial charge in [0.2, 0.25) is 0 Å². The van der Waals surface area contributed by atoms with Gasteiger partial charge in [0, 0.05) is 45.0 Å². The first-order chi connectivity index (χ1) is 26.8. The molecule has 3 heteroatoms. The highest BCUT2D eigenvalue weighted by molar-refractivity contribution is 6.07. The van der Waals surface area contributed by atoms with Crippen molar-refractivity contribution in [1.82, 2.24) is 0 Å². The summed E-state index contributed by atoms with van der Waals surface area (Å²) in [6.07, 6.45) is 0. The minimum absolute atomic E-state index is 0.637. The van der Waals surface area contributed by atoms with Crippen LogP contribution >= 0.6 is 0 Å². The van der Waals surface area contributed by atoms with E-state index in [1.54, 1.807) is 0 Å². The molecule has 0 N–H and O–H groups in total. The van der Waals surface area contributed by atoms with Gasteiger partial charge in [0.25, 0.3) is 0 Å². The van der Waals surface area contributed by atoms with Gasteiger partial charge >= 0.3 is 0 Å². The van der Waals surface area contributed by atoms with Gasteiger partial charge in [0.1, 0.15) is 22.7 Å². The molecule has 3 nitrogen and oxygen atoms in total. The van der Waals surface area contributed by atoms with Crippen molar-refractivity contribution in [3.8, 4) is 22.6 Å². The Balaban J connectivity index is 1.17. The van der Waals surface area contributed by atoms with E-state index in [9.17, 15) is 0 Å². The lowest BCUT2D eigenvalue weighted by Gasteiger charge is -2.45. The summed E-state index contributed by atoms with van der Waals surface area (Å²) in [7, 11) is 0. The highest BCUT2D eigenvalue weighted by Crippen LogP contribution is 2.61. The number of nitrogens with zero attached hydrogens (tertiary/aromatic N) is 1. The molecule has 1 unspecified atom stereocenters. The third-order valence-corrected chi connectivity index (χ3v) is 11.7. The Morgan fingerprint density at radius 1 is 0.370 bits per heavy atom. The fourth-order valence-electron chi connectivity index (χ4n) is 9.43. The van der Waals surface area contributed by atoms with Crippen molar-refractivity contribution >= 4 is 60.5 Å². The number of benzene rings is 9. The second-order valence-electron chi connectivity index (χ2n) is 14.4. The summed E-state index contributed by atoms with van der Waals surface area (Å²) in [6, 6.07) is 67.9. The van der Waals surface area contributed by atoms with Gasteiger partial charge in [-0.25, -0.2) is 0 Å². The maximum Gasteiger partial charge on any atom is 0.137 e. The summed E-state index contributed by atoms with van der Waals surface area (Å²) in [5.41, 5.74) is 11.5. The maximum atomic E-state index is 6.87. The Labute approximate surface area is 311 Å². The molecule has 1 atom stereocenters. The molecule has 0 radical (unpaired) electrons. The second-order valence-corrected chi connectivity index (χ2v) is 14.4. The average Bonchev–Trinajstić information content (AvgIpc) is 3.60. The molecule has 9 aromatic carbocycles. The molecule has 1 spiro atoms. The van der Waals surface area contributed by atoms with Gasteiger partial charge in [-0.2, -0.15) is 0 Å². The van der Waals surface area contributed by atoms with Gasteiger partial charge in [-0.05, 0) is 98.4 Å². The molecule has 1 aliphatic carbocycles. The standard InChI is InChI=1S/C51H31NO2/c1-2-12-34-29-35(24-23-32(34)11-1)52(37-25-27-40-39-16-4-7-21-46(39)53-49(40)31-37)36-26-28-48-45(30-36)51(43-19-6-8-22-47(43)54-48)42-18-5-3-15-38(42)41-17-9-13-33-14-10-20-44(51)50(33)41/h1-31H. The third-order valence-electron chi connectivity index (χ3n) is 11.7. The van der Waals surface area contributed by atoms with E-state index in [1.165, 1.54) is 43.8 Å². The average molecular weight is 690 g/mol. The molecule has 12 rings (SSSR count). The fraction of sp³-hybridized carbons (Fsp3) is 0.0196. The topological polar surface area (TPSA) is 25.6 Å². The molecule has 1 aromatic heterocycles. The number of furan rings is 1. The molecule has 10 aromatic rings. The van der Waals surface area contributed by atoms with Gasteiger partial charge < -0.3 is 14.1 Å². The van der Waals surface area contributed by atoms with Crippen LogP contribution in [-0.2, 0) is 5.41 Å². The Kier molecular flexibility index (Phi) is 5.98. The number of fused-ring (bicyclic) bond motifs is 12. The predicted octanol–water partition coefficient (Wildman–Crippen LogP) is 13.8. The van der Waals surface area contributed by atoms with Crippen molar-refractivity contribution < 1.29 is 9.15 Å². The molecule has 54 heavy (non-hydrogen) atoms. The van der Waals surface area contributed by atoms with Gasteiger partial charge in [0.15, 0.2) is 0 Å². The maximum absolute atomic E-state index is 6.87. The zero-order chi connectivity index (χ0) is 35.4. The number of ether oxygens (including phenoxy) is 1. The van der Waals surface area contributed by atoms with E-state index in [0.29, 0.717) is 0 Å². The molecule has 0 amide bonds. The van der Waals surface area contributed by atoms with Crippen LogP contribution in [0.15, 0.2) is 192 Å². The zero-order valence-corrected chi connectivity index (χ0v) is 29.2. The monoisotopic (exact) mass is 689 g/mol. The number of hydrogen-bond acceptors (Lipinski definition) is 3. The summed E-state index contributed by atoms with van der Waals surface area (Å²) in [6.45, 7) is 0. The molecule has 2 aliphatic rings. The minimum Gasteiger partial charge on any atom is -0.457 e. The number of para-hydroxylation sites is 2. The minimum atomic E-state index is -0.637. The van der Waals surface area contributed by atoms with Crippen LogP contribution in [-0.4, -0.2) is 0 Å². The first-order valence-corrected chi connectivity index (χ1v) is 18.5. The van der Waals surface area contributed by atoms with Crippen LogP contribution in [0.25, 0.3) is 54.6 Å². The van der Waals surface area contributed by atoms with E-state index in [-0.39, 0.29) is 0 Å². The van der Waals surface area contributed by atoms with Crippen LogP contribution < -0.4 is 9.64 Å². The van der Waals surface area contributed by atoms with Gasteiger partial charge in [-0.3, -0.25) is 0 Å². The lowest BCUT2D eigenvalue weighted by atomic mass is 9.58. The summed E-state index contributed by atoms with van der Waals surface area (Å²) >= 11 is 0. The largest absolute Gasteiger partial charge is 0.457 e. The van der Waals surface area contributed by atoms with Crippen LogP contribution in [0.1, 0.15) is 22.3 Å². The van der Waals surface area contributed by atoms with Crippen molar-refractivity contribution in [2.45, 2.75) is 5.41 Å². The van der Waals surface area contributed by atoms with E-state index in [0.717, 1.165) is 61.6 Å².